The van der Waals surface area contributed by atoms with E-state index in [2.05, 4.69) is 32.1 Å². The number of rotatable bonds is 5. The molecule has 1 aromatic rings. The quantitative estimate of drug-likeness (QED) is 0.879. The van der Waals surface area contributed by atoms with Gasteiger partial charge in [0.05, 0.1) is 6.10 Å². The van der Waals surface area contributed by atoms with Crippen LogP contribution in [0.15, 0.2) is 0 Å². The molecule has 1 aliphatic rings. The zero-order valence-corrected chi connectivity index (χ0v) is 12.2. The van der Waals surface area contributed by atoms with Crippen LogP contribution in [0.1, 0.15) is 40.0 Å². The minimum Gasteiger partial charge on any atom is -0.461 e. The largest absolute Gasteiger partial charge is 0.461 e. The van der Waals surface area contributed by atoms with Crippen LogP contribution < -0.4 is 15.0 Å². The van der Waals surface area contributed by atoms with Crippen molar-refractivity contribution in [1.29, 1.82) is 0 Å². The van der Waals surface area contributed by atoms with Crippen molar-refractivity contribution in [3.63, 3.8) is 0 Å². The molecule has 1 atom stereocenters. The molecule has 6 nitrogen and oxygen atoms in total. The number of aromatic nitrogens is 3. The molecule has 0 aromatic carbocycles. The number of nitrogens with zero attached hydrogens (tertiary/aromatic N) is 4. The van der Waals surface area contributed by atoms with E-state index < -0.39 is 0 Å². The van der Waals surface area contributed by atoms with Crippen LogP contribution in [-0.2, 0) is 0 Å². The summed E-state index contributed by atoms with van der Waals surface area (Å²) in [5, 5.41) is 2.97. The summed E-state index contributed by atoms with van der Waals surface area (Å²) in [5.74, 6) is 1.28. The van der Waals surface area contributed by atoms with Crippen molar-refractivity contribution in [1.82, 2.24) is 15.0 Å². The van der Waals surface area contributed by atoms with Crippen LogP contribution in [0, 0.1) is 0 Å². The van der Waals surface area contributed by atoms with E-state index in [1.165, 1.54) is 12.8 Å². The van der Waals surface area contributed by atoms with Gasteiger partial charge >= 0.3 is 6.01 Å². The molecule has 0 bridgehead atoms. The number of hydrogen-bond acceptors (Lipinski definition) is 6. The third-order valence-corrected chi connectivity index (χ3v) is 3.27. The smallest absolute Gasteiger partial charge is 0.323 e. The second-order valence-corrected chi connectivity index (χ2v) is 5.06. The van der Waals surface area contributed by atoms with E-state index in [0.717, 1.165) is 18.9 Å². The normalized spacial score (nSPS) is 19.0. The fourth-order valence-electron chi connectivity index (χ4n) is 2.37. The first-order valence-electron chi connectivity index (χ1n) is 7.01. The maximum absolute atomic E-state index is 5.60. The van der Waals surface area contributed by atoms with Crippen molar-refractivity contribution in [2.24, 2.45) is 0 Å². The summed E-state index contributed by atoms with van der Waals surface area (Å²) in [6.45, 7) is 7.14. The predicted molar refractivity (Wildman–Crippen MR) is 75.8 cm³/mol. The Kier molecular flexibility index (Phi) is 4.39. The molecule has 1 aliphatic heterocycles. The molecular formula is C13H23N5O. The molecule has 1 N–H and O–H groups in total. The van der Waals surface area contributed by atoms with E-state index >= 15 is 0 Å². The van der Waals surface area contributed by atoms with Crippen LogP contribution in [0.5, 0.6) is 6.01 Å². The Hall–Kier alpha value is -1.59. The highest BCUT2D eigenvalue weighted by molar-refractivity contribution is 5.40. The van der Waals surface area contributed by atoms with Gasteiger partial charge in [0.1, 0.15) is 0 Å². The van der Waals surface area contributed by atoms with Gasteiger partial charge in [0.25, 0.3) is 0 Å². The first kappa shape index (κ1) is 13.8. The van der Waals surface area contributed by atoms with Gasteiger partial charge in [0.2, 0.25) is 11.9 Å². The highest BCUT2D eigenvalue weighted by Crippen LogP contribution is 2.26. The fourth-order valence-corrected chi connectivity index (χ4v) is 2.37. The lowest BCUT2D eigenvalue weighted by Gasteiger charge is -2.24. The molecule has 2 heterocycles. The standard InChI is InChI=1S/C13H23N5O/c1-5-10-7-6-8-18(10)12-15-11(14-4)16-13(17-12)19-9(2)3/h9-10H,5-8H2,1-4H3,(H,14,15,16,17). The van der Waals surface area contributed by atoms with Gasteiger partial charge in [-0.25, -0.2) is 0 Å². The van der Waals surface area contributed by atoms with Gasteiger partial charge in [0, 0.05) is 19.6 Å². The summed E-state index contributed by atoms with van der Waals surface area (Å²) in [4.78, 5) is 15.4. The Balaban J connectivity index is 2.28. The van der Waals surface area contributed by atoms with E-state index in [9.17, 15) is 0 Å². The number of nitrogens with one attached hydrogen (secondary N) is 1. The van der Waals surface area contributed by atoms with Crippen LogP contribution in [0.2, 0.25) is 0 Å². The molecule has 0 saturated carbocycles. The van der Waals surface area contributed by atoms with Crippen molar-refractivity contribution < 1.29 is 4.74 Å². The Bertz CT molecular complexity index is 423. The topological polar surface area (TPSA) is 63.2 Å². The van der Waals surface area contributed by atoms with Crippen LogP contribution >= 0.6 is 0 Å². The first-order chi connectivity index (χ1) is 9.13. The SMILES string of the molecule is CCC1CCCN1c1nc(NC)nc(OC(C)C)n1. The van der Waals surface area contributed by atoms with Crippen molar-refractivity contribution in [3.8, 4) is 6.01 Å². The van der Waals surface area contributed by atoms with Crippen molar-refractivity contribution in [2.75, 3.05) is 23.8 Å². The molecule has 0 aliphatic carbocycles. The molecule has 0 amide bonds. The highest BCUT2D eigenvalue weighted by atomic mass is 16.5. The molecular weight excluding hydrogens is 242 g/mol. The van der Waals surface area contributed by atoms with Gasteiger partial charge in [-0.1, -0.05) is 6.92 Å². The summed E-state index contributed by atoms with van der Waals surface area (Å²) < 4.78 is 5.60. The average Bonchev–Trinajstić information content (AvgIpc) is 2.85. The number of anilines is 2. The molecule has 0 radical (unpaired) electrons. The Morgan fingerprint density at radius 3 is 2.79 bits per heavy atom. The Morgan fingerprint density at radius 1 is 1.37 bits per heavy atom. The minimum absolute atomic E-state index is 0.0560. The molecule has 1 saturated heterocycles. The van der Waals surface area contributed by atoms with Gasteiger partial charge in [-0.2, -0.15) is 15.0 Å². The van der Waals surface area contributed by atoms with Gasteiger partial charge in [-0.3, -0.25) is 0 Å². The minimum atomic E-state index is 0.0560. The molecule has 6 heteroatoms. The molecule has 19 heavy (non-hydrogen) atoms. The molecule has 106 valence electrons. The van der Waals surface area contributed by atoms with E-state index in [1.54, 1.807) is 7.05 Å². The van der Waals surface area contributed by atoms with Crippen molar-refractivity contribution in [2.45, 2.75) is 52.2 Å². The maximum Gasteiger partial charge on any atom is 0.323 e. The summed E-state index contributed by atoms with van der Waals surface area (Å²) in [6, 6.07) is 0.921. The number of hydrogen-bond donors (Lipinski definition) is 1. The summed E-state index contributed by atoms with van der Waals surface area (Å²) in [5.41, 5.74) is 0. The van der Waals surface area contributed by atoms with Gasteiger partial charge in [-0.05, 0) is 33.1 Å². The van der Waals surface area contributed by atoms with Crippen molar-refractivity contribution in [3.05, 3.63) is 0 Å². The molecule has 1 fully saturated rings. The lowest BCUT2D eigenvalue weighted by Crippen LogP contribution is -2.30. The van der Waals surface area contributed by atoms with Crippen LogP contribution in [0.4, 0.5) is 11.9 Å². The Labute approximate surface area is 114 Å². The Morgan fingerprint density at radius 2 is 2.16 bits per heavy atom. The van der Waals surface area contributed by atoms with Crippen LogP contribution in [0.3, 0.4) is 0 Å². The second kappa shape index (κ2) is 6.04. The van der Waals surface area contributed by atoms with E-state index in [0.29, 0.717) is 18.0 Å². The molecule has 2 rings (SSSR count). The van der Waals surface area contributed by atoms with Crippen LogP contribution in [-0.4, -0.2) is 40.7 Å². The van der Waals surface area contributed by atoms with E-state index in [4.69, 9.17) is 4.74 Å². The van der Waals surface area contributed by atoms with Crippen LogP contribution in [0.25, 0.3) is 0 Å². The monoisotopic (exact) mass is 265 g/mol. The zero-order valence-electron chi connectivity index (χ0n) is 12.2. The lowest BCUT2D eigenvalue weighted by atomic mass is 10.2. The van der Waals surface area contributed by atoms with Gasteiger partial charge in [-0.15, -0.1) is 0 Å². The molecule has 0 spiro atoms. The predicted octanol–water partition coefficient (Wildman–Crippen LogP) is 2.08. The third-order valence-electron chi connectivity index (χ3n) is 3.27. The van der Waals surface area contributed by atoms with Crippen molar-refractivity contribution >= 4 is 11.9 Å². The number of ether oxygens (including phenoxy) is 1. The molecule has 1 aromatic heterocycles. The fraction of sp³-hybridized carbons (Fsp3) is 0.769. The summed E-state index contributed by atoms with van der Waals surface area (Å²) in [7, 11) is 1.81. The third kappa shape index (κ3) is 3.24. The van der Waals surface area contributed by atoms with Gasteiger partial charge in [0.15, 0.2) is 0 Å². The van der Waals surface area contributed by atoms with Gasteiger partial charge < -0.3 is 15.0 Å². The lowest BCUT2D eigenvalue weighted by molar-refractivity contribution is 0.222. The second-order valence-electron chi connectivity index (χ2n) is 5.06. The average molecular weight is 265 g/mol. The zero-order chi connectivity index (χ0) is 13.8. The summed E-state index contributed by atoms with van der Waals surface area (Å²) in [6.07, 6.45) is 3.57. The summed E-state index contributed by atoms with van der Waals surface area (Å²) >= 11 is 0. The maximum atomic E-state index is 5.60. The highest BCUT2D eigenvalue weighted by Gasteiger charge is 2.26. The van der Waals surface area contributed by atoms with E-state index in [1.807, 2.05) is 13.8 Å². The van der Waals surface area contributed by atoms with E-state index in [-0.39, 0.29) is 6.10 Å². The first-order valence-corrected chi connectivity index (χ1v) is 7.01. The molecule has 1 unspecified atom stereocenters.